The summed E-state index contributed by atoms with van der Waals surface area (Å²) in [5, 5.41) is 5.60. The molecule has 0 saturated carbocycles. The summed E-state index contributed by atoms with van der Waals surface area (Å²) in [4.78, 5) is 29.2. The van der Waals surface area contributed by atoms with Gasteiger partial charge in [0.1, 0.15) is 11.0 Å². The molecule has 9 nitrogen and oxygen atoms in total. The van der Waals surface area contributed by atoms with Gasteiger partial charge in [0.15, 0.2) is 26.5 Å². The number of hydrogen-bond acceptors (Lipinski definition) is 8. The molecule has 1 unspecified atom stereocenters. The number of hydrogen-bond donors (Lipinski definition) is 2. The van der Waals surface area contributed by atoms with Crippen molar-refractivity contribution < 1.29 is 27.5 Å². The molecule has 0 saturated heterocycles. The zero-order valence-corrected chi connectivity index (χ0v) is 19.8. The Morgan fingerprint density at radius 1 is 1.03 bits per heavy atom. The Morgan fingerprint density at radius 3 is 2.39 bits per heavy atom. The third-order valence-electron chi connectivity index (χ3n) is 4.71. The molecule has 1 atom stereocenters. The molecule has 0 aliphatic carbocycles. The normalized spacial score (nSPS) is 12.0. The lowest BCUT2D eigenvalue weighted by molar-refractivity contribution is -0.115. The number of methoxy groups -OCH3 is 2. The predicted molar refractivity (Wildman–Crippen MR) is 128 cm³/mol. The average Bonchev–Trinajstić information content (AvgIpc) is 3.27. The molecule has 11 heteroatoms. The van der Waals surface area contributed by atoms with Crippen LogP contribution in [-0.4, -0.2) is 50.4 Å². The number of rotatable bonds is 9. The molecule has 1 aromatic heterocycles. The number of amides is 2. The van der Waals surface area contributed by atoms with Crippen molar-refractivity contribution in [1.29, 1.82) is 0 Å². The van der Waals surface area contributed by atoms with Crippen molar-refractivity contribution in [3.63, 3.8) is 0 Å². The minimum absolute atomic E-state index is 0.274. The van der Waals surface area contributed by atoms with Gasteiger partial charge in [-0.15, -0.1) is 11.3 Å². The molecule has 1 heterocycles. The van der Waals surface area contributed by atoms with Crippen LogP contribution in [0.4, 0.5) is 10.8 Å². The van der Waals surface area contributed by atoms with E-state index in [0.29, 0.717) is 22.9 Å². The number of thiazole rings is 1. The fourth-order valence-corrected chi connectivity index (χ4v) is 4.66. The smallest absolute Gasteiger partial charge is 0.244 e. The molecule has 0 fully saturated rings. The summed E-state index contributed by atoms with van der Waals surface area (Å²) >= 11 is 1.18. The van der Waals surface area contributed by atoms with Crippen LogP contribution in [0.1, 0.15) is 6.92 Å². The van der Waals surface area contributed by atoms with Gasteiger partial charge < -0.3 is 20.1 Å². The van der Waals surface area contributed by atoms with Crippen LogP contribution >= 0.6 is 11.3 Å². The highest BCUT2D eigenvalue weighted by molar-refractivity contribution is 7.93. The molecule has 2 aromatic carbocycles. The molecule has 2 N–H and O–H groups in total. The van der Waals surface area contributed by atoms with Crippen LogP contribution in [0.2, 0.25) is 0 Å². The number of ether oxygens (including phenoxy) is 2. The number of sulfone groups is 1. The molecular formula is C22H23N3O6S2. The Morgan fingerprint density at radius 2 is 1.73 bits per heavy atom. The second kappa shape index (κ2) is 10.5. The van der Waals surface area contributed by atoms with E-state index in [1.54, 1.807) is 17.5 Å². The highest BCUT2D eigenvalue weighted by Crippen LogP contribution is 2.30. The Hall–Kier alpha value is -3.44. The maximum atomic E-state index is 12.6. The first kappa shape index (κ1) is 24.2. The van der Waals surface area contributed by atoms with Crippen molar-refractivity contribution >= 4 is 43.8 Å². The summed E-state index contributed by atoms with van der Waals surface area (Å²) in [6.07, 6.45) is 0. The fourth-order valence-electron chi connectivity index (χ4n) is 2.86. The lowest BCUT2D eigenvalue weighted by Crippen LogP contribution is -2.37. The van der Waals surface area contributed by atoms with Crippen LogP contribution in [-0.2, 0) is 19.4 Å². The minimum Gasteiger partial charge on any atom is -0.493 e. The van der Waals surface area contributed by atoms with E-state index in [9.17, 15) is 18.0 Å². The maximum Gasteiger partial charge on any atom is 0.244 e. The van der Waals surface area contributed by atoms with Crippen LogP contribution in [0.25, 0.3) is 11.3 Å². The van der Waals surface area contributed by atoms with Crippen LogP contribution in [0.15, 0.2) is 53.9 Å². The molecule has 3 aromatic rings. The predicted octanol–water partition coefficient (Wildman–Crippen LogP) is 3.21. The van der Waals surface area contributed by atoms with Crippen molar-refractivity contribution in [2.24, 2.45) is 0 Å². The van der Waals surface area contributed by atoms with Crippen LogP contribution in [0.3, 0.4) is 0 Å². The summed E-state index contributed by atoms with van der Waals surface area (Å²) < 4.78 is 35.6. The largest absolute Gasteiger partial charge is 0.493 e. The molecule has 0 radical (unpaired) electrons. The third kappa shape index (κ3) is 6.08. The first-order valence-electron chi connectivity index (χ1n) is 9.78. The van der Waals surface area contributed by atoms with Gasteiger partial charge in [0.05, 0.1) is 19.9 Å². The van der Waals surface area contributed by atoms with E-state index in [1.165, 1.54) is 38.5 Å². The zero-order valence-electron chi connectivity index (χ0n) is 18.2. The number of carbonyl (C=O) groups excluding carboxylic acids is 2. The molecule has 0 aliphatic rings. The van der Waals surface area contributed by atoms with Crippen molar-refractivity contribution in [2.75, 3.05) is 30.6 Å². The Labute approximate surface area is 195 Å². The summed E-state index contributed by atoms with van der Waals surface area (Å²) in [6.45, 7) is 1.24. The molecule has 0 bridgehead atoms. The Balaban J connectivity index is 1.62. The van der Waals surface area contributed by atoms with E-state index in [1.807, 2.05) is 30.3 Å². The van der Waals surface area contributed by atoms with Gasteiger partial charge in [-0.05, 0) is 19.1 Å². The van der Waals surface area contributed by atoms with E-state index in [4.69, 9.17) is 9.47 Å². The van der Waals surface area contributed by atoms with E-state index >= 15 is 0 Å². The molecule has 0 aliphatic heterocycles. The molecule has 0 spiro atoms. The van der Waals surface area contributed by atoms with E-state index in [-0.39, 0.29) is 5.13 Å². The van der Waals surface area contributed by atoms with E-state index in [0.717, 1.165) is 5.56 Å². The second-order valence-corrected chi connectivity index (χ2v) is 10.1. The SMILES string of the molecule is COc1ccc(NC(=O)CS(=O)(=O)C(C)C(=O)Nc2nc(-c3ccccc3)cs2)cc1OC. The van der Waals surface area contributed by atoms with Crippen molar-refractivity contribution in [3.8, 4) is 22.8 Å². The monoisotopic (exact) mass is 489 g/mol. The number of anilines is 2. The van der Waals surface area contributed by atoms with Crippen LogP contribution in [0.5, 0.6) is 11.5 Å². The first-order chi connectivity index (χ1) is 15.7. The number of benzene rings is 2. The molecule has 3 rings (SSSR count). The minimum atomic E-state index is -4.08. The lowest BCUT2D eigenvalue weighted by Gasteiger charge is -2.13. The summed E-state index contributed by atoms with van der Waals surface area (Å²) in [5.41, 5.74) is 1.88. The van der Waals surface area contributed by atoms with Gasteiger partial charge in [-0.3, -0.25) is 9.59 Å². The first-order valence-corrected chi connectivity index (χ1v) is 12.4. The number of aromatic nitrogens is 1. The lowest BCUT2D eigenvalue weighted by atomic mass is 10.2. The molecule has 174 valence electrons. The molecule has 2 amide bonds. The third-order valence-corrected chi connectivity index (χ3v) is 7.43. The Bertz CT molecular complexity index is 1240. The van der Waals surface area contributed by atoms with Crippen molar-refractivity contribution in [2.45, 2.75) is 12.2 Å². The van der Waals surface area contributed by atoms with E-state index in [2.05, 4.69) is 15.6 Å². The van der Waals surface area contributed by atoms with Gasteiger partial charge in [0, 0.05) is 22.7 Å². The average molecular weight is 490 g/mol. The highest BCUT2D eigenvalue weighted by Gasteiger charge is 2.31. The van der Waals surface area contributed by atoms with Gasteiger partial charge >= 0.3 is 0 Å². The van der Waals surface area contributed by atoms with Crippen LogP contribution in [0, 0.1) is 0 Å². The number of nitrogens with one attached hydrogen (secondary N) is 2. The zero-order chi connectivity index (χ0) is 24.0. The number of carbonyl (C=O) groups is 2. The van der Waals surface area contributed by atoms with Gasteiger partial charge in [-0.25, -0.2) is 13.4 Å². The summed E-state index contributed by atoms with van der Waals surface area (Å²) in [7, 11) is -1.16. The van der Waals surface area contributed by atoms with Gasteiger partial charge in [-0.2, -0.15) is 0 Å². The van der Waals surface area contributed by atoms with Crippen molar-refractivity contribution in [3.05, 3.63) is 53.9 Å². The summed E-state index contributed by atoms with van der Waals surface area (Å²) in [6, 6.07) is 14.0. The quantitative estimate of drug-likeness (QED) is 0.473. The summed E-state index contributed by atoms with van der Waals surface area (Å²) in [5.74, 6) is -1.55. The van der Waals surface area contributed by atoms with Gasteiger partial charge in [-0.1, -0.05) is 30.3 Å². The van der Waals surface area contributed by atoms with Gasteiger partial charge in [0.2, 0.25) is 11.8 Å². The topological polar surface area (TPSA) is 124 Å². The Kier molecular flexibility index (Phi) is 7.67. The fraction of sp³-hybridized carbons (Fsp3) is 0.227. The molecular weight excluding hydrogens is 466 g/mol. The number of nitrogens with zero attached hydrogens (tertiary/aromatic N) is 1. The second-order valence-electron chi connectivity index (χ2n) is 6.96. The van der Waals surface area contributed by atoms with E-state index < -0.39 is 32.7 Å². The van der Waals surface area contributed by atoms with Gasteiger partial charge in [0.25, 0.3) is 0 Å². The molecule has 33 heavy (non-hydrogen) atoms. The standard InChI is InChI=1S/C22H23N3O6S2/c1-14(21(27)25-22-24-17(12-32-22)15-7-5-4-6-8-15)33(28,29)13-20(26)23-16-9-10-18(30-2)19(11-16)31-3/h4-12,14H,13H2,1-3H3,(H,23,26)(H,24,25,27). The highest BCUT2D eigenvalue weighted by atomic mass is 32.2. The van der Waals surface area contributed by atoms with Crippen molar-refractivity contribution in [1.82, 2.24) is 4.98 Å². The van der Waals surface area contributed by atoms with Crippen LogP contribution < -0.4 is 20.1 Å². The maximum absolute atomic E-state index is 12.6.